The third kappa shape index (κ3) is 5.20. The van der Waals surface area contributed by atoms with Crippen molar-refractivity contribution in [2.24, 2.45) is 11.8 Å². The van der Waals surface area contributed by atoms with Crippen LogP contribution in [0, 0.1) is 11.8 Å². The van der Waals surface area contributed by atoms with Crippen LogP contribution < -0.4 is 5.32 Å². The van der Waals surface area contributed by atoms with Gasteiger partial charge in [-0.2, -0.15) is 0 Å². The molecule has 1 unspecified atom stereocenters. The van der Waals surface area contributed by atoms with E-state index in [0.717, 1.165) is 19.3 Å². The maximum Gasteiger partial charge on any atom is 0.322 e. The molecule has 4 heteroatoms. The van der Waals surface area contributed by atoms with Gasteiger partial charge in [0.1, 0.15) is 6.54 Å². The summed E-state index contributed by atoms with van der Waals surface area (Å²) >= 11 is 0. The molecule has 98 valence electrons. The highest BCUT2D eigenvalue weighted by atomic mass is 16.4. The third-order valence-electron chi connectivity index (χ3n) is 3.51. The molecule has 0 bridgehead atoms. The molecular weight excluding hydrogens is 218 g/mol. The summed E-state index contributed by atoms with van der Waals surface area (Å²) in [5.41, 5.74) is 0. The van der Waals surface area contributed by atoms with Crippen molar-refractivity contribution < 1.29 is 14.7 Å². The van der Waals surface area contributed by atoms with E-state index >= 15 is 0 Å². The zero-order valence-electron chi connectivity index (χ0n) is 10.6. The molecule has 0 aromatic heterocycles. The molecular formula is C13H23NO3. The van der Waals surface area contributed by atoms with Crippen LogP contribution in [0.5, 0.6) is 0 Å². The number of nitrogens with one attached hydrogen (secondary N) is 1. The maximum absolute atomic E-state index is 11.9. The second kappa shape index (κ2) is 7.30. The van der Waals surface area contributed by atoms with Crippen LogP contribution in [-0.2, 0) is 9.59 Å². The average Bonchev–Trinajstić information content (AvgIpc) is 2.78. The second-order valence-corrected chi connectivity index (χ2v) is 4.98. The van der Waals surface area contributed by atoms with E-state index in [-0.39, 0.29) is 18.4 Å². The van der Waals surface area contributed by atoms with E-state index in [4.69, 9.17) is 5.11 Å². The number of carbonyl (C=O) groups excluding carboxylic acids is 1. The first-order chi connectivity index (χ1) is 8.13. The molecule has 0 radical (unpaired) electrons. The normalized spacial score (nSPS) is 17.9. The first-order valence-electron chi connectivity index (χ1n) is 6.63. The van der Waals surface area contributed by atoms with E-state index in [1.54, 1.807) is 0 Å². The molecule has 0 heterocycles. The van der Waals surface area contributed by atoms with Crippen molar-refractivity contribution in [2.45, 2.75) is 51.9 Å². The summed E-state index contributed by atoms with van der Waals surface area (Å²) in [5.74, 6) is -0.389. The molecule has 2 N–H and O–H groups in total. The minimum Gasteiger partial charge on any atom is -0.480 e. The Balaban J connectivity index is 2.39. The molecule has 1 aliphatic carbocycles. The molecule has 0 aromatic rings. The highest BCUT2D eigenvalue weighted by Gasteiger charge is 2.24. The van der Waals surface area contributed by atoms with Gasteiger partial charge in [-0.3, -0.25) is 9.59 Å². The number of aliphatic carboxylic acids is 1. The van der Waals surface area contributed by atoms with Gasteiger partial charge in [-0.15, -0.1) is 0 Å². The van der Waals surface area contributed by atoms with Crippen LogP contribution in [0.25, 0.3) is 0 Å². The first-order valence-corrected chi connectivity index (χ1v) is 6.63. The summed E-state index contributed by atoms with van der Waals surface area (Å²) in [6.07, 6.45) is 7.78. The lowest BCUT2D eigenvalue weighted by molar-refractivity contribution is -0.138. The Labute approximate surface area is 103 Å². The van der Waals surface area contributed by atoms with E-state index in [9.17, 15) is 9.59 Å². The predicted octanol–water partition coefficient (Wildman–Crippen LogP) is 2.18. The van der Waals surface area contributed by atoms with Crippen LogP contribution in [0.4, 0.5) is 0 Å². The molecule has 1 rings (SSSR count). The van der Waals surface area contributed by atoms with Gasteiger partial charge in [0.25, 0.3) is 0 Å². The fourth-order valence-electron chi connectivity index (χ4n) is 2.66. The fourth-order valence-corrected chi connectivity index (χ4v) is 2.66. The van der Waals surface area contributed by atoms with Crippen molar-refractivity contribution in [3.05, 3.63) is 0 Å². The van der Waals surface area contributed by atoms with Crippen molar-refractivity contribution in [1.29, 1.82) is 0 Å². The van der Waals surface area contributed by atoms with Gasteiger partial charge in [0.05, 0.1) is 0 Å². The third-order valence-corrected chi connectivity index (χ3v) is 3.51. The van der Waals surface area contributed by atoms with Crippen LogP contribution in [0.3, 0.4) is 0 Å². The Morgan fingerprint density at radius 1 is 1.35 bits per heavy atom. The zero-order chi connectivity index (χ0) is 12.7. The molecule has 1 amide bonds. The lowest BCUT2D eigenvalue weighted by atomic mass is 9.89. The summed E-state index contributed by atoms with van der Waals surface area (Å²) in [6, 6.07) is 0. The molecule has 1 aliphatic rings. The van der Waals surface area contributed by atoms with Crippen molar-refractivity contribution in [3.63, 3.8) is 0 Å². The first kappa shape index (κ1) is 14.0. The monoisotopic (exact) mass is 241 g/mol. The summed E-state index contributed by atoms with van der Waals surface area (Å²) < 4.78 is 0. The van der Waals surface area contributed by atoms with E-state index in [2.05, 4.69) is 12.2 Å². The second-order valence-electron chi connectivity index (χ2n) is 4.98. The fraction of sp³-hybridized carbons (Fsp3) is 0.846. The number of carboxylic acids is 1. The highest BCUT2D eigenvalue weighted by molar-refractivity contribution is 5.82. The number of carboxylic acid groups (broad SMARTS) is 1. The number of amides is 1. The summed E-state index contributed by atoms with van der Waals surface area (Å²) in [4.78, 5) is 22.3. The van der Waals surface area contributed by atoms with Crippen LogP contribution in [0.1, 0.15) is 51.9 Å². The van der Waals surface area contributed by atoms with Crippen molar-refractivity contribution in [2.75, 3.05) is 6.54 Å². The van der Waals surface area contributed by atoms with Crippen LogP contribution in [-0.4, -0.2) is 23.5 Å². The summed E-state index contributed by atoms with van der Waals surface area (Å²) in [5, 5.41) is 11.0. The van der Waals surface area contributed by atoms with Gasteiger partial charge in [-0.1, -0.05) is 39.0 Å². The van der Waals surface area contributed by atoms with Gasteiger partial charge in [-0.05, 0) is 18.8 Å². The van der Waals surface area contributed by atoms with Gasteiger partial charge >= 0.3 is 5.97 Å². The van der Waals surface area contributed by atoms with Gasteiger partial charge in [0.2, 0.25) is 5.91 Å². The lowest BCUT2D eigenvalue weighted by Crippen LogP contribution is -2.35. The molecule has 17 heavy (non-hydrogen) atoms. The largest absolute Gasteiger partial charge is 0.480 e. The molecule has 1 saturated carbocycles. The molecule has 4 nitrogen and oxygen atoms in total. The summed E-state index contributed by atoms with van der Waals surface area (Å²) in [7, 11) is 0. The van der Waals surface area contributed by atoms with Gasteiger partial charge in [0, 0.05) is 5.92 Å². The van der Waals surface area contributed by atoms with Crippen molar-refractivity contribution >= 4 is 11.9 Å². The van der Waals surface area contributed by atoms with Gasteiger partial charge < -0.3 is 10.4 Å². The zero-order valence-corrected chi connectivity index (χ0v) is 10.6. The standard InChI is InChI=1S/C13H23NO3/c1-2-5-11(8-10-6-3-4-7-10)13(17)14-9-12(15)16/h10-11H,2-9H2,1H3,(H,14,17)(H,15,16). The van der Waals surface area contributed by atoms with Crippen LogP contribution >= 0.6 is 0 Å². The Morgan fingerprint density at radius 2 is 2.00 bits per heavy atom. The topological polar surface area (TPSA) is 66.4 Å². The number of hydrogen-bond donors (Lipinski definition) is 2. The van der Waals surface area contributed by atoms with Crippen LogP contribution in [0.15, 0.2) is 0 Å². The van der Waals surface area contributed by atoms with Gasteiger partial charge in [0.15, 0.2) is 0 Å². The Morgan fingerprint density at radius 3 is 2.53 bits per heavy atom. The molecule has 1 atom stereocenters. The lowest BCUT2D eigenvalue weighted by Gasteiger charge is -2.19. The molecule has 0 aromatic carbocycles. The Bertz CT molecular complexity index is 259. The number of rotatable bonds is 7. The maximum atomic E-state index is 11.9. The molecule has 1 fully saturated rings. The van der Waals surface area contributed by atoms with E-state index < -0.39 is 5.97 Å². The molecule has 0 spiro atoms. The summed E-state index contributed by atoms with van der Waals surface area (Å²) in [6.45, 7) is 1.80. The van der Waals surface area contributed by atoms with Gasteiger partial charge in [-0.25, -0.2) is 0 Å². The van der Waals surface area contributed by atoms with E-state index in [0.29, 0.717) is 5.92 Å². The predicted molar refractivity (Wildman–Crippen MR) is 65.6 cm³/mol. The van der Waals surface area contributed by atoms with Crippen molar-refractivity contribution in [1.82, 2.24) is 5.32 Å². The Kier molecular flexibility index (Phi) is 6.01. The number of hydrogen-bond acceptors (Lipinski definition) is 2. The van der Waals surface area contributed by atoms with E-state index in [1.807, 2.05) is 0 Å². The average molecular weight is 241 g/mol. The number of carbonyl (C=O) groups is 2. The van der Waals surface area contributed by atoms with Crippen molar-refractivity contribution in [3.8, 4) is 0 Å². The van der Waals surface area contributed by atoms with Crippen LogP contribution in [0.2, 0.25) is 0 Å². The minimum atomic E-state index is -0.977. The van der Waals surface area contributed by atoms with E-state index in [1.165, 1.54) is 25.7 Å². The quantitative estimate of drug-likeness (QED) is 0.718. The highest BCUT2D eigenvalue weighted by Crippen LogP contribution is 2.31. The molecule has 0 aliphatic heterocycles. The Hall–Kier alpha value is -1.06. The molecule has 0 saturated heterocycles. The SMILES string of the molecule is CCCC(CC1CCCC1)C(=O)NCC(=O)O. The minimum absolute atomic E-state index is 0.00227. The smallest absolute Gasteiger partial charge is 0.322 e.